The molecule has 0 aromatic carbocycles. The zero-order valence-electron chi connectivity index (χ0n) is 11.8. The van der Waals surface area contributed by atoms with Crippen LogP contribution in [-0.4, -0.2) is 41.2 Å². The molecule has 112 valence electrons. The topological polar surface area (TPSA) is 68.5 Å². The Morgan fingerprint density at radius 1 is 1.62 bits per heavy atom. The van der Waals surface area contributed by atoms with Crippen molar-refractivity contribution in [3.63, 3.8) is 0 Å². The summed E-state index contributed by atoms with van der Waals surface area (Å²) in [6.07, 6.45) is 1.87. The first-order valence-corrected chi connectivity index (χ1v) is 7.81. The molecule has 3 rings (SSSR count). The third-order valence-corrected chi connectivity index (χ3v) is 4.46. The summed E-state index contributed by atoms with van der Waals surface area (Å²) in [5.41, 5.74) is 0. The molecule has 2 aromatic heterocycles. The number of rotatable bonds is 4. The molecular weight excluding hydrogens is 290 g/mol. The van der Waals surface area contributed by atoms with Crippen LogP contribution in [0.2, 0.25) is 0 Å². The summed E-state index contributed by atoms with van der Waals surface area (Å²) in [5, 5.41) is 6.00. The van der Waals surface area contributed by atoms with Gasteiger partial charge < -0.3 is 9.26 Å². The Kier molecular flexibility index (Phi) is 4.31. The Morgan fingerprint density at radius 3 is 3.29 bits per heavy atom. The van der Waals surface area contributed by atoms with Gasteiger partial charge in [-0.3, -0.25) is 9.69 Å². The van der Waals surface area contributed by atoms with Crippen LogP contribution in [0.25, 0.3) is 10.8 Å². The molecule has 7 heteroatoms. The van der Waals surface area contributed by atoms with Crippen molar-refractivity contribution in [2.24, 2.45) is 5.92 Å². The van der Waals surface area contributed by atoms with Crippen molar-refractivity contribution in [3.8, 4) is 10.8 Å². The summed E-state index contributed by atoms with van der Waals surface area (Å²) in [4.78, 5) is 19.2. The highest BCUT2D eigenvalue weighted by Crippen LogP contribution is 2.23. The Bertz CT molecular complexity index is 596. The van der Waals surface area contributed by atoms with Gasteiger partial charge in [0.25, 0.3) is 5.89 Å². The highest BCUT2D eigenvalue weighted by molar-refractivity contribution is 7.13. The predicted molar refractivity (Wildman–Crippen MR) is 77.6 cm³/mol. The molecule has 1 aliphatic rings. The average molecular weight is 307 g/mol. The first-order chi connectivity index (χ1) is 10.3. The molecule has 0 unspecified atom stereocenters. The van der Waals surface area contributed by atoms with E-state index in [0.717, 1.165) is 24.3 Å². The van der Waals surface area contributed by atoms with Crippen LogP contribution in [0.3, 0.4) is 0 Å². The maximum absolute atomic E-state index is 11.6. The lowest BCUT2D eigenvalue weighted by Crippen LogP contribution is -2.38. The Morgan fingerprint density at radius 2 is 2.52 bits per heavy atom. The maximum atomic E-state index is 11.6. The monoisotopic (exact) mass is 307 g/mol. The molecular formula is C14H17N3O3S. The van der Waals surface area contributed by atoms with E-state index >= 15 is 0 Å². The second-order valence-corrected chi connectivity index (χ2v) is 6.04. The highest BCUT2D eigenvalue weighted by Gasteiger charge is 2.27. The molecule has 1 atom stereocenters. The number of piperidine rings is 1. The molecule has 0 N–H and O–H groups in total. The molecule has 6 nitrogen and oxygen atoms in total. The molecule has 21 heavy (non-hydrogen) atoms. The number of ether oxygens (including phenoxy) is 1. The maximum Gasteiger partial charge on any atom is 0.309 e. The molecule has 0 saturated carbocycles. The van der Waals surface area contributed by atoms with Crippen LogP contribution < -0.4 is 0 Å². The number of aromatic nitrogens is 2. The fourth-order valence-electron chi connectivity index (χ4n) is 2.58. The summed E-state index contributed by atoms with van der Waals surface area (Å²) < 4.78 is 10.1. The van der Waals surface area contributed by atoms with Crippen LogP contribution in [0.5, 0.6) is 0 Å². The van der Waals surface area contributed by atoms with Crippen LogP contribution in [0, 0.1) is 5.92 Å². The largest absolute Gasteiger partial charge is 0.469 e. The van der Waals surface area contributed by atoms with Gasteiger partial charge in [-0.2, -0.15) is 4.98 Å². The molecule has 2 aromatic rings. The van der Waals surface area contributed by atoms with Crippen LogP contribution in [0.1, 0.15) is 18.7 Å². The zero-order chi connectivity index (χ0) is 14.7. The normalized spacial score (nSPS) is 19.6. The first-order valence-electron chi connectivity index (χ1n) is 6.93. The van der Waals surface area contributed by atoms with Gasteiger partial charge in [0.2, 0.25) is 0 Å². The molecule has 0 spiro atoms. The summed E-state index contributed by atoms with van der Waals surface area (Å²) in [6.45, 7) is 2.23. The fraction of sp³-hybridized carbons (Fsp3) is 0.500. The van der Waals surface area contributed by atoms with Gasteiger partial charge in [0.05, 0.1) is 24.4 Å². The van der Waals surface area contributed by atoms with Crippen LogP contribution >= 0.6 is 11.3 Å². The minimum Gasteiger partial charge on any atom is -0.469 e. The third kappa shape index (κ3) is 3.30. The average Bonchev–Trinajstić information content (AvgIpc) is 3.17. The number of carbonyl (C=O) groups is 1. The first kappa shape index (κ1) is 14.2. The fourth-order valence-corrected chi connectivity index (χ4v) is 3.22. The minimum atomic E-state index is -0.132. The van der Waals surface area contributed by atoms with E-state index in [9.17, 15) is 4.79 Å². The quantitative estimate of drug-likeness (QED) is 0.807. The van der Waals surface area contributed by atoms with Gasteiger partial charge in [0, 0.05) is 6.54 Å². The molecule has 1 aliphatic heterocycles. The lowest BCUT2D eigenvalue weighted by atomic mass is 9.98. The van der Waals surface area contributed by atoms with E-state index in [-0.39, 0.29) is 11.9 Å². The molecule has 0 amide bonds. The van der Waals surface area contributed by atoms with Crippen LogP contribution in [-0.2, 0) is 16.1 Å². The van der Waals surface area contributed by atoms with E-state index in [4.69, 9.17) is 9.26 Å². The molecule has 0 aliphatic carbocycles. The second kappa shape index (κ2) is 6.36. The third-order valence-electron chi connectivity index (χ3n) is 3.61. The SMILES string of the molecule is COC(=O)[C@H]1CCCN(Cc2noc(-c3cccs3)n2)C1. The van der Waals surface area contributed by atoms with E-state index in [1.807, 2.05) is 17.5 Å². The van der Waals surface area contributed by atoms with Crippen molar-refractivity contribution in [1.82, 2.24) is 15.0 Å². The summed E-state index contributed by atoms with van der Waals surface area (Å²) in [5.74, 6) is 1.03. The molecule has 0 bridgehead atoms. The molecule has 1 fully saturated rings. The number of carbonyl (C=O) groups excluding carboxylic acids is 1. The van der Waals surface area contributed by atoms with Crippen molar-refractivity contribution in [3.05, 3.63) is 23.3 Å². The van der Waals surface area contributed by atoms with E-state index in [0.29, 0.717) is 24.8 Å². The van der Waals surface area contributed by atoms with Gasteiger partial charge in [-0.25, -0.2) is 0 Å². The smallest absolute Gasteiger partial charge is 0.309 e. The van der Waals surface area contributed by atoms with Gasteiger partial charge in [0.1, 0.15) is 0 Å². The Labute approximate surface area is 126 Å². The summed E-state index contributed by atoms with van der Waals surface area (Å²) >= 11 is 1.57. The number of methoxy groups -OCH3 is 1. The highest BCUT2D eigenvalue weighted by atomic mass is 32.1. The zero-order valence-corrected chi connectivity index (χ0v) is 12.6. The Balaban J connectivity index is 1.62. The van der Waals surface area contributed by atoms with Crippen LogP contribution in [0.15, 0.2) is 22.0 Å². The van der Waals surface area contributed by atoms with Gasteiger partial charge >= 0.3 is 5.97 Å². The number of thiophene rings is 1. The van der Waals surface area contributed by atoms with E-state index in [1.54, 1.807) is 11.3 Å². The lowest BCUT2D eigenvalue weighted by Gasteiger charge is -2.30. The molecule has 3 heterocycles. The standard InChI is InChI=1S/C14H17N3O3S/c1-19-14(18)10-4-2-6-17(8-10)9-12-15-13(20-16-12)11-5-3-7-21-11/h3,5,7,10H,2,4,6,8-9H2,1H3/t10-/m0/s1. The summed E-state index contributed by atoms with van der Waals surface area (Å²) in [6, 6.07) is 3.91. The number of esters is 1. The van der Waals surface area contributed by atoms with Gasteiger partial charge in [-0.1, -0.05) is 11.2 Å². The summed E-state index contributed by atoms with van der Waals surface area (Å²) in [7, 11) is 1.44. The van der Waals surface area contributed by atoms with Crippen molar-refractivity contribution < 1.29 is 14.1 Å². The van der Waals surface area contributed by atoms with Crippen molar-refractivity contribution >= 4 is 17.3 Å². The van der Waals surface area contributed by atoms with Crippen LogP contribution in [0.4, 0.5) is 0 Å². The molecule has 1 saturated heterocycles. The Hall–Kier alpha value is -1.73. The van der Waals surface area contributed by atoms with E-state index in [1.165, 1.54) is 7.11 Å². The molecule has 0 radical (unpaired) electrons. The number of hydrogen-bond acceptors (Lipinski definition) is 7. The van der Waals surface area contributed by atoms with Crippen molar-refractivity contribution in [2.75, 3.05) is 20.2 Å². The predicted octanol–water partition coefficient (Wildman–Crippen LogP) is 2.18. The number of hydrogen-bond donors (Lipinski definition) is 0. The number of likely N-dealkylation sites (tertiary alicyclic amines) is 1. The second-order valence-electron chi connectivity index (χ2n) is 5.09. The number of nitrogens with zero attached hydrogens (tertiary/aromatic N) is 3. The minimum absolute atomic E-state index is 0.0487. The van der Waals surface area contributed by atoms with Gasteiger partial charge in [-0.15, -0.1) is 11.3 Å². The van der Waals surface area contributed by atoms with Crippen molar-refractivity contribution in [1.29, 1.82) is 0 Å². The van der Waals surface area contributed by atoms with Gasteiger partial charge in [0.15, 0.2) is 5.82 Å². The van der Waals surface area contributed by atoms with Crippen molar-refractivity contribution in [2.45, 2.75) is 19.4 Å². The van der Waals surface area contributed by atoms with E-state index in [2.05, 4.69) is 15.0 Å². The van der Waals surface area contributed by atoms with E-state index < -0.39 is 0 Å². The van der Waals surface area contributed by atoms with Gasteiger partial charge in [-0.05, 0) is 30.8 Å². The lowest BCUT2D eigenvalue weighted by molar-refractivity contribution is -0.147.